The van der Waals surface area contributed by atoms with E-state index in [9.17, 15) is 9.18 Å². The average Bonchev–Trinajstić information content (AvgIpc) is 2.85. The van der Waals surface area contributed by atoms with Gasteiger partial charge in [0.05, 0.1) is 10.6 Å². The van der Waals surface area contributed by atoms with Gasteiger partial charge in [-0.3, -0.25) is 4.79 Å². The van der Waals surface area contributed by atoms with E-state index in [1.54, 1.807) is 11.9 Å². The van der Waals surface area contributed by atoms with Crippen molar-refractivity contribution < 1.29 is 9.18 Å². The smallest absolute Gasteiger partial charge is 0.256 e. The first-order chi connectivity index (χ1) is 8.50. The summed E-state index contributed by atoms with van der Waals surface area (Å²) >= 11 is 8.97. The van der Waals surface area contributed by atoms with Crippen molar-refractivity contribution in [2.45, 2.75) is 12.5 Å². The van der Waals surface area contributed by atoms with Crippen LogP contribution in [0, 0.1) is 5.82 Å². The van der Waals surface area contributed by atoms with Crippen molar-refractivity contribution >= 4 is 33.4 Å². The molecule has 1 saturated heterocycles. The normalized spacial score (nSPS) is 19.0. The van der Waals surface area contributed by atoms with Crippen molar-refractivity contribution in [3.8, 4) is 0 Å². The molecule has 1 aromatic rings. The van der Waals surface area contributed by atoms with E-state index in [4.69, 9.17) is 11.6 Å². The van der Waals surface area contributed by atoms with Crippen molar-refractivity contribution in [2.24, 2.45) is 0 Å². The van der Waals surface area contributed by atoms with Gasteiger partial charge < -0.3 is 10.2 Å². The number of carbonyl (C=O) groups excluding carboxylic acids is 1. The van der Waals surface area contributed by atoms with Gasteiger partial charge in [-0.15, -0.1) is 0 Å². The Hall–Kier alpha value is -0.650. The summed E-state index contributed by atoms with van der Waals surface area (Å²) in [5, 5.41) is 3.44. The zero-order valence-corrected chi connectivity index (χ0v) is 12.2. The number of likely N-dealkylation sites (N-methyl/N-ethyl adjacent to an activating group) is 1. The average molecular weight is 336 g/mol. The van der Waals surface area contributed by atoms with Gasteiger partial charge in [-0.05, 0) is 41.0 Å². The summed E-state index contributed by atoms with van der Waals surface area (Å²) in [5.41, 5.74) is 0.0423. The van der Waals surface area contributed by atoms with Crippen molar-refractivity contribution in [1.29, 1.82) is 0 Å². The van der Waals surface area contributed by atoms with Crippen LogP contribution in [0.15, 0.2) is 16.6 Å². The Kier molecular flexibility index (Phi) is 4.25. The van der Waals surface area contributed by atoms with Gasteiger partial charge in [-0.25, -0.2) is 4.39 Å². The van der Waals surface area contributed by atoms with E-state index in [2.05, 4.69) is 21.2 Å². The fourth-order valence-electron chi connectivity index (χ4n) is 2.01. The third kappa shape index (κ3) is 2.68. The molecule has 1 fully saturated rings. The third-order valence-electron chi connectivity index (χ3n) is 3.14. The largest absolute Gasteiger partial charge is 0.337 e. The number of rotatable bonds is 2. The van der Waals surface area contributed by atoms with Gasteiger partial charge in [0.15, 0.2) is 0 Å². The van der Waals surface area contributed by atoms with Crippen LogP contribution in [0.4, 0.5) is 4.39 Å². The molecule has 1 aromatic carbocycles. The molecule has 1 aliphatic heterocycles. The lowest BCUT2D eigenvalue weighted by molar-refractivity contribution is 0.0739. The van der Waals surface area contributed by atoms with Crippen LogP contribution in [0.5, 0.6) is 0 Å². The highest BCUT2D eigenvalue weighted by Gasteiger charge is 2.26. The highest BCUT2D eigenvalue weighted by Crippen LogP contribution is 2.26. The van der Waals surface area contributed by atoms with E-state index in [1.165, 1.54) is 6.07 Å². The van der Waals surface area contributed by atoms with Crippen molar-refractivity contribution in [1.82, 2.24) is 10.2 Å². The predicted octanol–water partition coefficient (Wildman–Crippen LogP) is 2.68. The van der Waals surface area contributed by atoms with Gasteiger partial charge in [0, 0.05) is 24.1 Å². The molecule has 0 radical (unpaired) electrons. The first-order valence-corrected chi connectivity index (χ1v) is 6.80. The number of hydrogen-bond donors (Lipinski definition) is 1. The van der Waals surface area contributed by atoms with Crippen LogP contribution in [0.25, 0.3) is 0 Å². The molecule has 6 heteroatoms. The molecule has 1 heterocycles. The number of carbonyl (C=O) groups is 1. The van der Waals surface area contributed by atoms with Gasteiger partial charge in [0.2, 0.25) is 0 Å². The Bertz CT molecular complexity index is 477. The maximum Gasteiger partial charge on any atom is 0.256 e. The Morgan fingerprint density at radius 2 is 2.33 bits per heavy atom. The van der Waals surface area contributed by atoms with Gasteiger partial charge in [0.1, 0.15) is 5.82 Å². The lowest BCUT2D eigenvalue weighted by Crippen LogP contribution is -2.38. The third-order valence-corrected chi connectivity index (χ3v) is 4.34. The lowest BCUT2D eigenvalue weighted by atomic mass is 10.1. The SMILES string of the molecule is CN(C(=O)c1cc(Br)c(Cl)cc1F)[C@H]1CCNC1. The molecule has 18 heavy (non-hydrogen) atoms. The molecule has 0 aromatic heterocycles. The van der Waals surface area contributed by atoms with E-state index in [0.29, 0.717) is 4.47 Å². The second-order valence-corrected chi connectivity index (χ2v) is 5.57. The van der Waals surface area contributed by atoms with Gasteiger partial charge in [-0.1, -0.05) is 11.6 Å². The summed E-state index contributed by atoms with van der Waals surface area (Å²) in [7, 11) is 1.70. The maximum absolute atomic E-state index is 13.8. The maximum atomic E-state index is 13.8. The summed E-state index contributed by atoms with van der Waals surface area (Å²) in [6.07, 6.45) is 0.888. The minimum absolute atomic E-state index is 0.0423. The highest BCUT2D eigenvalue weighted by molar-refractivity contribution is 9.10. The van der Waals surface area contributed by atoms with Crippen LogP contribution in [-0.2, 0) is 0 Å². The topological polar surface area (TPSA) is 32.3 Å². The van der Waals surface area contributed by atoms with E-state index < -0.39 is 5.82 Å². The molecule has 98 valence electrons. The highest BCUT2D eigenvalue weighted by atomic mass is 79.9. The molecule has 1 aliphatic rings. The van der Waals surface area contributed by atoms with Gasteiger partial charge >= 0.3 is 0 Å². The summed E-state index contributed by atoms with van der Waals surface area (Å²) in [5.74, 6) is -0.912. The Balaban J connectivity index is 2.25. The molecule has 1 atom stereocenters. The zero-order chi connectivity index (χ0) is 13.3. The minimum Gasteiger partial charge on any atom is -0.337 e. The number of benzene rings is 1. The molecule has 0 bridgehead atoms. The van der Waals surface area contributed by atoms with Crippen LogP contribution >= 0.6 is 27.5 Å². The summed E-state index contributed by atoms with van der Waals surface area (Å²) in [4.78, 5) is 13.8. The quantitative estimate of drug-likeness (QED) is 0.843. The van der Waals surface area contributed by atoms with Gasteiger partial charge in [-0.2, -0.15) is 0 Å². The first kappa shape index (κ1) is 13.8. The van der Waals surface area contributed by atoms with E-state index in [-0.39, 0.29) is 22.5 Å². The first-order valence-electron chi connectivity index (χ1n) is 5.63. The number of amides is 1. The fraction of sp³-hybridized carbons (Fsp3) is 0.417. The Labute approximate surface area is 118 Å². The second kappa shape index (κ2) is 5.55. The Morgan fingerprint density at radius 3 is 2.94 bits per heavy atom. The fourth-order valence-corrected chi connectivity index (χ4v) is 2.51. The number of halogens is 3. The predicted molar refractivity (Wildman–Crippen MR) is 72.5 cm³/mol. The molecule has 1 N–H and O–H groups in total. The summed E-state index contributed by atoms with van der Waals surface area (Å²) < 4.78 is 14.3. The van der Waals surface area contributed by atoms with Crippen molar-refractivity contribution in [2.75, 3.05) is 20.1 Å². The van der Waals surface area contributed by atoms with Gasteiger partial charge in [0.25, 0.3) is 5.91 Å². The molecule has 0 aliphatic carbocycles. The zero-order valence-electron chi connectivity index (χ0n) is 9.84. The molecule has 0 unspecified atom stereocenters. The monoisotopic (exact) mass is 334 g/mol. The van der Waals surface area contributed by atoms with E-state index in [0.717, 1.165) is 25.6 Å². The molecule has 1 amide bonds. The standard InChI is InChI=1S/C12H13BrClFN2O/c1-17(7-2-3-16-6-7)12(18)8-4-9(13)10(14)5-11(8)15/h4-5,7,16H,2-3,6H2,1H3/t7-/m0/s1. The van der Waals surface area contributed by atoms with Crippen LogP contribution in [-0.4, -0.2) is 37.0 Å². The van der Waals surface area contributed by atoms with Crippen LogP contribution in [0.3, 0.4) is 0 Å². The van der Waals surface area contributed by atoms with E-state index in [1.807, 2.05) is 0 Å². The molecular formula is C12H13BrClFN2O. The molecular weight excluding hydrogens is 323 g/mol. The van der Waals surface area contributed by atoms with Crippen molar-refractivity contribution in [3.05, 3.63) is 33.0 Å². The van der Waals surface area contributed by atoms with E-state index >= 15 is 0 Å². The Morgan fingerprint density at radius 1 is 1.61 bits per heavy atom. The molecule has 0 spiro atoms. The lowest BCUT2D eigenvalue weighted by Gasteiger charge is -2.24. The minimum atomic E-state index is -0.592. The number of hydrogen-bond acceptors (Lipinski definition) is 2. The van der Waals surface area contributed by atoms with Crippen molar-refractivity contribution in [3.63, 3.8) is 0 Å². The summed E-state index contributed by atoms with van der Waals surface area (Å²) in [6, 6.07) is 2.70. The van der Waals surface area contributed by atoms with Crippen LogP contribution < -0.4 is 5.32 Å². The van der Waals surface area contributed by atoms with Crippen LogP contribution in [0.2, 0.25) is 5.02 Å². The molecule has 3 nitrogen and oxygen atoms in total. The van der Waals surface area contributed by atoms with Crippen LogP contribution in [0.1, 0.15) is 16.8 Å². The number of nitrogens with zero attached hydrogens (tertiary/aromatic N) is 1. The number of nitrogens with one attached hydrogen (secondary N) is 1. The summed E-state index contributed by atoms with van der Waals surface area (Å²) in [6.45, 7) is 1.63. The second-order valence-electron chi connectivity index (χ2n) is 4.31. The molecule has 0 saturated carbocycles. The molecule has 2 rings (SSSR count).